The minimum atomic E-state index is -1.37. The van der Waals surface area contributed by atoms with Crippen molar-refractivity contribution in [1.82, 2.24) is 14.9 Å². The molecule has 1 atom stereocenters. The van der Waals surface area contributed by atoms with Crippen molar-refractivity contribution in [1.29, 1.82) is 0 Å². The number of aromatic nitrogens is 2. The standard InChI is InChI=1S/C14H17Br2N3O4/c1-13(2,3)14(7-23-5-4-19(14)12(21)22)10(20)9-11(16)18-8(15)6-17-9/h6H,4-5,7H2,1-3H3,(H,21,22). The van der Waals surface area contributed by atoms with Gasteiger partial charge in [-0.25, -0.2) is 14.8 Å². The van der Waals surface area contributed by atoms with Crippen molar-refractivity contribution in [2.24, 2.45) is 5.41 Å². The molecule has 0 saturated carbocycles. The Morgan fingerprint density at radius 3 is 2.57 bits per heavy atom. The Hall–Kier alpha value is -1.06. The van der Waals surface area contributed by atoms with E-state index in [0.29, 0.717) is 4.60 Å². The van der Waals surface area contributed by atoms with E-state index in [9.17, 15) is 14.7 Å². The highest BCUT2D eigenvalue weighted by atomic mass is 79.9. The second-order valence-electron chi connectivity index (χ2n) is 6.26. The smallest absolute Gasteiger partial charge is 0.408 e. The lowest BCUT2D eigenvalue weighted by Gasteiger charge is -2.51. The molecule has 1 aromatic rings. The second kappa shape index (κ2) is 6.45. The van der Waals surface area contributed by atoms with Gasteiger partial charge in [0.25, 0.3) is 0 Å². The number of amides is 1. The minimum Gasteiger partial charge on any atom is -0.465 e. The number of hydrogen-bond donors (Lipinski definition) is 1. The summed E-state index contributed by atoms with van der Waals surface area (Å²) in [5.74, 6) is -0.432. The lowest BCUT2D eigenvalue weighted by atomic mass is 9.69. The van der Waals surface area contributed by atoms with Crippen molar-refractivity contribution in [2.45, 2.75) is 26.3 Å². The van der Waals surface area contributed by atoms with Crippen molar-refractivity contribution in [2.75, 3.05) is 19.8 Å². The number of halogens is 2. The number of ether oxygens (including phenoxy) is 1. The maximum atomic E-state index is 13.3. The SMILES string of the molecule is CC(C)(C)C1(C(=O)c2ncc(Br)nc2Br)COCCN1C(=O)O. The van der Waals surface area contributed by atoms with Gasteiger partial charge < -0.3 is 9.84 Å². The zero-order valence-electron chi connectivity index (χ0n) is 13.0. The highest BCUT2D eigenvalue weighted by Gasteiger charge is 2.57. The van der Waals surface area contributed by atoms with Crippen LogP contribution in [0.15, 0.2) is 15.4 Å². The summed E-state index contributed by atoms with van der Waals surface area (Å²) in [5, 5.41) is 9.61. The predicted molar refractivity (Wildman–Crippen MR) is 89.5 cm³/mol. The molecule has 0 radical (unpaired) electrons. The summed E-state index contributed by atoms with van der Waals surface area (Å²) in [6, 6.07) is 0. The molecule has 1 N–H and O–H groups in total. The fraction of sp³-hybridized carbons (Fsp3) is 0.571. The molecule has 2 rings (SSSR count). The average Bonchev–Trinajstić information content (AvgIpc) is 2.45. The van der Waals surface area contributed by atoms with Crippen molar-refractivity contribution in [3.63, 3.8) is 0 Å². The number of nitrogens with zero attached hydrogens (tertiary/aromatic N) is 3. The Morgan fingerprint density at radius 2 is 2.04 bits per heavy atom. The average molecular weight is 451 g/mol. The van der Waals surface area contributed by atoms with Crippen LogP contribution in [0.5, 0.6) is 0 Å². The molecule has 0 bridgehead atoms. The summed E-state index contributed by atoms with van der Waals surface area (Å²) in [4.78, 5) is 34.4. The molecule has 0 aliphatic carbocycles. The third kappa shape index (κ3) is 3.14. The third-order valence-electron chi connectivity index (χ3n) is 3.99. The largest absolute Gasteiger partial charge is 0.465 e. The van der Waals surface area contributed by atoms with E-state index in [4.69, 9.17) is 4.74 Å². The first-order chi connectivity index (χ1) is 10.6. The molecule has 1 aliphatic heterocycles. The van der Waals surface area contributed by atoms with E-state index in [1.165, 1.54) is 6.20 Å². The maximum Gasteiger partial charge on any atom is 0.408 e. The Balaban J connectivity index is 2.62. The molecule has 9 heteroatoms. The Labute approximate surface area is 150 Å². The van der Waals surface area contributed by atoms with E-state index >= 15 is 0 Å². The molecule has 1 fully saturated rings. The van der Waals surface area contributed by atoms with Gasteiger partial charge in [-0.2, -0.15) is 0 Å². The van der Waals surface area contributed by atoms with Gasteiger partial charge in [-0.3, -0.25) is 9.69 Å². The second-order valence-corrected chi connectivity index (χ2v) is 7.82. The molecule has 126 valence electrons. The molecule has 0 aromatic carbocycles. The fourth-order valence-electron chi connectivity index (χ4n) is 2.75. The fourth-order valence-corrected chi connectivity index (χ4v) is 3.74. The first-order valence-electron chi connectivity index (χ1n) is 6.92. The minimum absolute atomic E-state index is 0.0220. The number of Topliss-reactive ketones (excluding diaryl/α,β-unsaturated/α-hetero) is 1. The van der Waals surface area contributed by atoms with Crippen LogP contribution in [0.4, 0.5) is 4.79 Å². The van der Waals surface area contributed by atoms with Gasteiger partial charge in [-0.05, 0) is 37.3 Å². The molecule has 1 saturated heterocycles. The highest BCUT2D eigenvalue weighted by Crippen LogP contribution is 2.41. The van der Waals surface area contributed by atoms with Crippen LogP contribution in [0.25, 0.3) is 0 Å². The number of rotatable bonds is 2. The first kappa shape index (κ1) is 18.3. The lowest BCUT2D eigenvalue weighted by Crippen LogP contribution is -2.69. The van der Waals surface area contributed by atoms with E-state index in [1.807, 2.05) is 20.8 Å². The van der Waals surface area contributed by atoms with Gasteiger partial charge in [0.2, 0.25) is 5.78 Å². The van der Waals surface area contributed by atoms with Gasteiger partial charge in [0, 0.05) is 6.54 Å². The van der Waals surface area contributed by atoms with Gasteiger partial charge in [0.15, 0.2) is 0 Å². The molecule has 7 nitrogen and oxygen atoms in total. The monoisotopic (exact) mass is 449 g/mol. The number of carboxylic acid groups (broad SMARTS) is 1. The molecule has 1 unspecified atom stereocenters. The number of morpholine rings is 1. The number of hydrogen-bond acceptors (Lipinski definition) is 5. The van der Waals surface area contributed by atoms with Gasteiger partial charge in [-0.15, -0.1) is 0 Å². The molecular weight excluding hydrogens is 434 g/mol. The Bertz CT molecular complexity index is 647. The highest BCUT2D eigenvalue weighted by molar-refractivity contribution is 9.11. The van der Waals surface area contributed by atoms with Crippen LogP contribution in [-0.2, 0) is 4.74 Å². The Morgan fingerprint density at radius 1 is 1.39 bits per heavy atom. The van der Waals surface area contributed by atoms with Gasteiger partial charge in [0.1, 0.15) is 20.4 Å². The van der Waals surface area contributed by atoms with E-state index in [0.717, 1.165) is 4.90 Å². The van der Waals surface area contributed by atoms with Crippen molar-refractivity contribution in [3.05, 3.63) is 21.1 Å². The topological polar surface area (TPSA) is 92.6 Å². The summed E-state index contributed by atoms with van der Waals surface area (Å²) < 4.78 is 6.23. The van der Waals surface area contributed by atoms with Gasteiger partial charge in [-0.1, -0.05) is 20.8 Å². The molecular formula is C14H17Br2N3O4. The van der Waals surface area contributed by atoms with E-state index < -0.39 is 22.8 Å². The molecule has 1 amide bonds. The summed E-state index contributed by atoms with van der Waals surface area (Å²) >= 11 is 6.42. The normalized spacial score (nSPS) is 22.0. The van der Waals surface area contributed by atoms with Crippen molar-refractivity contribution >= 4 is 43.7 Å². The van der Waals surface area contributed by atoms with E-state index in [2.05, 4.69) is 41.8 Å². The van der Waals surface area contributed by atoms with Crippen molar-refractivity contribution < 1.29 is 19.4 Å². The maximum absolute atomic E-state index is 13.3. The first-order valence-corrected chi connectivity index (χ1v) is 8.51. The molecule has 2 heterocycles. The summed E-state index contributed by atoms with van der Waals surface area (Å²) in [6.07, 6.45) is 0.251. The van der Waals surface area contributed by atoms with Crippen LogP contribution in [0, 0.1) is 5.41 Å². The van der Waals surface area contributed by atoms with Crippen LogP contribution in [0.3, 0.4) is 0 Å². The van der Waals surface area contributed by atoms with Crippen molar-refractivity contribution in [3.8, 4) is 0 Å². The summed E-state index contributed by atoms with van der Waals surface area (Å²) in [6.45, 7) is 5.80. The van der Waals surface area contributed by atoms with Gasteiger partial charge in [0.05, 0.1) is 19.4 Å². The summed E-state index contributed by atoms with van der Waals surface area (Å²) in [7, 11) is 0. The molecule has 23 heavy (non-hydrogen) atoms. The third-order valence-corrected chi connectivity index (χ3v) is 4.93. The van der Waals surface area contributed by atoms with Crippen LogP contribution in [0.1, 0.15) is 31.3 Å². The van der Waals surface area contributed by atoms with E-state index in [-0.39, 0.29) is 30.1 Å². The molecule has 0 spiro atoms. The van der Waals surface area contributed by atoms with Gasteiger partial charge >= 0.3 is 6.09 Å². The Kier molecular flexibility index (Phi) is 5.12. The van der Waals surface area contributed by atoms with Crippen LogP contribution in [0.2, 0.25) is 0 Å². The van der Waals surface area contributed by atoms with Crippen LogP contribution >= 0.6 is 31.9 Å². The number of ketones is 1. The number of carbonyl (C=O) groups excluding carboxylic acids is 1. The lowest BCUT2D eigenvalue weighted by molar-refractivity contribution is -0.0837. The molecule has 1 aliphatic rings. The predicted octanol–water partition coefficient (Wildman–Crippen LogP) is 2.98. The zero-order valence-corrected chi connectivity index (χ0v) is 16.1. The number of carbonyl (C=O) groups is 2. The quantitative estimate of drug-likeness (QED) is 0.696. The van der Waals surface area contributed by atoms with Crippen LogP contribution in [-0.4, -0.2) is 57.1 Å². The molecule has 1 aromatic heterocycles. The van der Waals surface area contributed by atoms with Crippen LogP contribution < -0.4 is 0 Å². The summed E-state index contributed by atoms with van der Waals surface area (Å²) in [5.41, 5.74) is -1.99. The van der Waals surface area contributed by atoms with E-state index in [1.54, 1.807) is 0 Å². The zero-order chi connectivity index (χ0) is 17.4.